The fourth-order valence-corrected chi connectivity index (χ4v) is 4.58. The van der Waals surface area contributed by atoms with Gasteiger partial charge in [0, 0.05) is 18.0 Å². The number of rotatable bonds is 16. The molecule has 0 aliphatic rings. The molecule has 0 fully saturated rings. The maximum Gasteiger partial charge on any atom is 0.306 e. The predicted octanol–water partition coefficient (Wildman–Crippen LogP) is 5.45. The minimum absolute atomic E-state index is 0.0421. The van der Waals surface area contributed by atoms with E-state index in [4.69, 9.17) is 4.74 Å². The SMILES string of the molecule is COC(=O)CCC(=O)NC(Cc1ccccc1)[C@@H](O)CC(CCC(C)C)NC(=O)c1cccc(Oc2ccccc2)c1. The number of carbonyl (C=O) groups excluding carboxylic acids is 3. The number of hydrogen-bond donors (Lipinski definition) is 3. The van der Waals surface area contributed by atoms with Crippen LogP contribution in [-0.4, -0.2) is 48.2 Å². The van der Waals surface area contributed by atoms with E-state index in [1.165, 1.54) is 7.11 Å². The molecule has 8 nitrogen and oxygen atoms in total. The van der Waals surface area contributed by atoms with E-state index in [1.54, 1.807) is 24.3 Å². The summed E-state index contributed by atoms with van der Waals surface area (Å²) in [4.78, 5) is 37.6. The van der Waals surface area contributed by atoms with Crippen LogP contribution in [0.3, 0.4) is 0 Å². The first-order valence-electron chi connectivity index (χ1n) is 14.5. The lowest BCUT2D eigenvalue weighted by molar-refractivity contribution is -0.142. The largest absolute Gasteiger partial charge is 0.469 e. The standard InChI is InChI=1S/C34H42N2O6/c1-24(2)17-18-27(35-34(40)26-13-10-16-29(22-26)42-28-14-8-5-9-15-28)23-31(37)30(21-25-11-6-4-7-12-25)36-32(38)19-20-33(39)41-3/h4-16,22,24,27,30-31,37H,17-21,23H2,1-3H3,(H,35,40)(H,36,38)/t27?,30?,31-/m0/s1. The second-order valence-electron chi connectivity index (χ2n) is 10.8. The van der Waals surface area contributed by atoms with Crippen LogP contribution in [-0.2, 0) is 20.7 Å². The third kappa shape index (κ3) is 11.4. The Balaban J connectivity index is 1.72. The molecule has 3 atom stereocenters. The van der Waals surface area contributed by atoms with Gasteiger partial charge in [-0.15, -0.1) is 0 Å². The van der Waals surface area contributed by atoms with E-state index in [1.807, 2.05) is 60.7 Å². The van der Waals surface area contributed by atoms with Crippen molar-refractivity contribution in [1.82, 2.24) is 10.6 Å². The number of carbonyl (C=O) groups is 3. The van der Waals surface area contributed by atoms with Gasteiger partial charge in [-0.1, -0.05) is 68.4 Å². The Hall–Kier alpha value is -4.17. The Bertz CT molecular complexity index is 1270. The Morgan fingerprint density at radius 2 is 1.48 bits per heavy atom. The molecule has 0 radical (unpaired) electrons. The molecule has 42 heavy (non-hydrogen) atoms. The molecule has 3 rings (SSSR count). The maximum absolute atomic E-state index is 13.3. The van der Waals surface area contributed by atoms with E-state index in [2.05, 4.69) is 29.2 Å². The van der Waals surface area contributed by atoms with Crippen molar-refractivity contribution >= 4 is 17.8 Å². The van der Waals surface area contributed by atoms with Crippen LogP contribution in [0.25, 0.3) is 0 Å². The number of esters is 1. The van der Waals surface area contributed by atoms with Gasteiger partial charge in [0.15, 0.2) is 0 Å². The summed E-state index contributed by atoms with van der Waals surface area (Å²) in [7, 11) is 1.28. The fraction of sp³-hybridized carbons (Fsp3) is 0.382. The molecule has 0 aromatic heterocycles. The van der Waals surface area contributed by atoms with E-state index in [9.17, 15) is 19.5 Å². The first-order chi connectivity index (χ1) is 20.2. The van der Waals surface area contributed by atoms with E-state index in [0.717, 1.165) is 12.0 Å². The number of aliphatic hydroxyl groups excluding tert-OH is 1. The summed E-state index contributed by atoms with van der Waals surface area (Å²) in [5, 5.41) is 17.4. The summed E-state index contributed by atoms with van der Waals surface area (Å²) < 4.78 is 10.5. The maximum atomic E-state index is 13.3. The summed E-state index contributed by atoms with van der Waals surface area (Å²) in [5.74, 6) is 0.535. The Labute approximate surface area is 248 Å². The normalized spacial score (nSPS) is 13.1. The summed E-state index contributed by atoms with van der Waals surface area (Å²) in [6.07, 6.45) is 1.12. The lowest BCUT2D eigenvalue weighted by atomic mass is 9.93. The fourth-order valence-electron chi connectivity index (χ4n) is 4.58. The van der Waals surface area contributed by atoms with Crippen molar-refractivity contribution in [2.45, 2.75) is 70.6 Å². The van der Waals surface area contributed by atoms with Crippen molar-refractivity contribution < 1.29 is 29.0 Å². The number of aliphatic hydroxyl groups is 1. The van der Waals surface area contributed by atoms with E-state index >= 15 is 0 Å². The van der Waals surface area contributed by atoms with Crippen molar-refractivity contribution in [3.05, 3.63) is 96.1 Å². The number of para-hydroxylation sites is 1. The Morgan fingerprint density at radius 3 is 2.14 bits per heavy atom. The molecule has 3 N–H and O–H groups in total. The molecular weight excluding hydrogens is 532 g/mol. The van der Waals surface area contributed by atoms with Crippen LogP contribution < -0.4 is 15.4 Å². The van der Waals surface area contributed by atoms with Crippen molar-refractivity contribution in [3.8, 4) is 11.5 Å². The van der Waals surface area contributed by atoms with Crippen LogP contribution in [0.15, 0.2) is 84.9 Å². The van der Waals surface area contributed by atoms with Gasteiger partial charge in [0.1, 0.15) is 11.5 Å². The van der Waals surface area contributed by atoms with Crippen molar-refractivity contribution in [1.29, 1.82) is 0 Å². The second kappa shape index (κ2) is 16.9. The summed E-state index contributed by atoms with van der Waals surface area (Å²) in [5.41, 5.74) is 1.40. The van der Waals surface area contributed by atoms with Crippen LogP contribution >= 0.6 is 0 Å². The average molecular weight is 575 g/mol. The van der Waals surface area contributed by atoms with Gasteiger partial charge in [-0.2, -0.15) is 0 Å². The Morgan fingerprint density at radius 1 is 0.810 bits per heavy atom. The van der Waals surface area contributed by atoms with E-state index in [0.29, 0.717) is 35.8 Å². The number of amides is 2. The molecule has 0 bridgehead atoms. The van der Waals surface area contributed by atoms with Crippen LogP contribution in [0, 0.1) is 5.92 Å². The number of ether oxygens (including phenoxy) is 2. The molecule has 3 aromatic rings. The van der Waals surface area contributed by atoms with Crippen LogP contribution in [0.1, 0.15) is 61.9 Å². The first-order valence-corrected chi connectivity index (χ1v) is 14.5. The molecule has 0 aliphatic heterocycles. The number of nitrogens with one attached hydrogen (secondary N) is 2. The molecule has 224 valence electrons. The Kier molecular flexibility index (Phi) is 13.0. The van der Waals surface area contributed by atoms with E-state index < -0.39 is 18.1 Å². The smallest absolute Gasteiger partial charge is 0.306 e. The molecule has 0 aliphatic carbocycles. The van der Waals surface area contributed by atoms with Gasteiger partial charge >= 0.3 is 5.97 Å². The lowest BCUT2D eigenvalue weighted by Gasteiger charge is -2.29. The van der Waals surface area contributed by atoms with Gasteiger partial charge in [-0.05, 0) is 67.5 Å². The summed E-state index contributed by atoms with van der Waals surface area (Å²) in [6, 6.07) is 25.0. The van der Waals surface area contributed by atoms with Crippen molar-refractivity contribution in [2.75, 3.05) is 7.11 Å². The monoisotopic (exact) mass is 574 g/mol. The van der Waals surface area contributed by atoms with Gasteiger partial charge in [-0.25, -0.2) is 0 Å². The topological polar surface area (TPSA) is 114 Å². The number of hydrogen-bond acceptors (Lipinski definition) is 6. The molecule has 2 amide bonds. The second-order valence-corrected chi connectivity index (χ2v) is 10.8. The molecule has 0 heterocycles. The van der Waals surface area contributed by atoms with Gasteiger partial charge in [-0.3, -0.25) is 14.4 Å². The zero-order valence-corrected chi connectivity index (χ0v) is 24.6. The van der Waals surface area contributed by atoms with Gasteiger partial charge < -0.3 is 25.2 Å². The molecule has 0 saturated carbocycles. The third-order valence-corrected chi connectivity index (χ3v) is 6.92. The van der Waals surface area contributed by atoms with Gasteiger partial charge in [0.05, 0.1) is 25.7 Å². The molecule has 2 unspecified atom stereocenters. The van der Waals surface area contributed by atoms with Crippen LogP contribution in [0.2, 0.25) is 0 Å². The molecule has 3 aromatic carbocycles. The van der Waals surface area contributed by atoms with Gasteiger partial charge in [0.25, 0.3) is 5.91 Å². The third-order valence-electron chi connectivity index (χ3n) is 6.92. The quantitative estimate of drug-likeness (QED) is 0.196. The van der Waals surface area contributed by atoms with Gasteiger partial charge in [0.2, 0.25) is 5.91 Å². The van der Waals surface area contributed by atoms with E-state index in [-0.39, 0.29) is 37.1 Å². The molecule has 0 saturated heterocycles. The summed E-state index contributed by atoms with van der Waals surface area (Å²) >= 11 is 0. The highest BCUT2D eigenvalue weighted by Crippen LogP contribution is 2.22. The van der Waals surface area contributed by atoms with Crippen LogP contribution in [0.5, 0.6) is 11.5 Å². The minimum atomic E-state index is -0.947. The zero-order chi connectivity index (χ0) is 30.3. The molecule has 0 spiro atoms. The van der Waals surface area contributed by atoms with Crippen LogP contribution in [0.4, 0.5) is 0 Å². The highest BCUT2D eigenvalue weighted by molar-refractivity contribution is 5.94. The van der Waals surface area contributed by atoms with Crippen molar-refractivity contribution in [3.63, 3.8) is 0 Å². The molecular formula is C34H42N2O6. The highest BCUT2D eigenvalue weighted by Gasteiger charge is 2.26. The minimum Gasteiger partial charge on any atom is -0.469 e. The molecule has 8 heteroatoms. The number of benzene rings is 3. The predicted molar refractivity (Wildman–Crippen MR) is 162 cm³/mol. The highest BCUT2D eigenvalue weighted by atomic mass is 16.5. The number of methoxy groups -OCH3 is 1. The lowest BCUT2D eigenvalue weighted by Crippen LogP contribution is -2.48. The van der Waals surface area contributed by atoms with Crippen molar-refractivity contribution in [2.24, 2.45) is 5.92 Å². The first kappa shape index (κ1) is 32.3. The zero-order valence-electron chi connectivity index (χ0n) is 24.6. The average Bonchev–Trinajstić information content (AvgIpc) is 2.99. The summed E-state index contributed by atoms with van der Waals surface area (Å²) in [6.45, 7) is 4.22.